The summed E-state index contributed by atoms with van der Waals surface area (Å²) in [5, 5.41) is 1.19. The van der Waals surface area contributed by atoms with Crippen molar-refractivity contribution in [2.24, 2.45) is 0 Å². The van der Waals surface area contributed by atoms with Crippen molar-refractivity contribution in [3.63, 3.8) is 0 Å². The molecular formula is C8H15NO3. The summed E-state index contributed by atoms with van der Waals surface area (Å²) < 4.78 is 5.37. The molecule has 1 aliphatic carbocycles. The van der Waals surface area contributed by atoms with Crippen molar-refractivity contribution in [1.82, 2.24) is 5.06 Å². The number of likely N-dealkylation sites (N-methyl/N-ethyl adjacent to an activating group) is 1. The first-order valence-corrected chi connectivity index (χ1v) is 4.12. The van der Waals surface area contributed by atoms with Crippen molar-refractivity contribution in [2.45, 2.75) is 32.0 Å². The van der Waals surface area contributed by atoms with Gasteiger partial charge < -0.3 is 4.74 Å². The highest BCUT2D eigenvalue weighted by molar-refractivity contribution is 5.79. The van der Waals surface area contributed by atoms with E-state index in [-0.39, 0.29) is 12.0 Å². The van der Waals surface area contributed by atoms with Gasteiger partial charge in [-0.1, -0.05) is 0 Å². The van der Waals surface area contributed by atoms with Gasteiger partial charge in [0.15, 0.2) is 0 Å². The van der Waals surface area contributed by atoms with Crippen molar-refractivity contribution in [1.29, 1.82) is 0 Å². The Balaban J connectivity index is 2.28. The van der Waals surface area contributed by atoms with E-state index in [2.05, 4.69) is 0 Å². The van der Waals surface area contributed by atoms with Gasteiger partial charge in [-0.15, -0.1) is 0 Å². The van der Waals surface area contributed by atoms with E-state index in [4.69, 9.17) is 9.57 Å². The van der Waals surface area contributed by atoms with Gasteiger partial charge in [0.05, 0.1) is 13.2 Å². The average molecular weight is 173 g/mol. The molecule has 0 aromatic rings. The third kappa shape index (κ3) is 2.46. The van der Waals surface area contributed by atoms with Crippen LogP contribution >= 0.6 is 0 Å². The van der Waals surface area contributed by atoms with E-state index in [0.29, 0.717) is 6.10 Å². The van der Waals surface area contributed by atoms with Crippen LogP contribution in [-0.2, 0) is 14.4 Å². The van der Waals surface area contributed by atoms with Crippen molar-refractivity contribution in [3.05, 3.63) is 0 Å². The van der Waals surface area contributed by atoms with E-state index in [1.165, 1.54) is 12.2 Å². The molecule has 1 atom stereocenters. The Bertz CT molecular complexity index is 168. The zero-order valence-electron chi connectivity index (χ0n) is 7.74. The van der Waals surface area contributed by atoms with Crippen LogP contribution in [0.15, 0.2) is 0 Å². The van der Waals surface area contributed by atoms with Crippen molar-refractivity contribution < 1.29 is 14.4 Å². The molecule has 4 heteroatoms. The molecular weight excluding hydrogens is 158 g/mol. The molecule has 0 radical (unpaired) electrons. The van der Waals surface area contributed by atoms with Crippen LogP contribution in [0.5, 0.6) is 0 Å². The molecule has 0 aromatic heterocycles. The fourth-order valence-electron chi connectivity index (χ4n) is 0.897. The Hall–Kier alpha value is -0.610. The largest absolute Gasteiger partial charge is 0.365 e. The lowest BCUT2D eigenvalue weighted by atomic mass is 10.4. The second-order valence-corrected chi connectivity index (χ2v) is 3.00. The van der Waals surface area contributed by atoms with Crippen LogP contribution in [0.1, 0.15) is 19.8 Å². The number of rotatable bonds is 4. The molecule has 1 unspecified atom stereocenters. The quantitative estimate of drug-likeness (QED) is 0.583. The minimum Gasteiger partial charge on any atom is -0.365 e. The number of hydrogen-bond donors (Lipinski definition) is 0. The molecule has 1 rings (SSSR count). The molecule has 12 heavy (non-hydrogen) atoms. The number of carbonyl (C=O) groups is 1. The molecule has 1 fully saturated rings. The minimum absolute atomic E-state index is 0.135. The van der Waals surface area contributed by atoms with Gasteiger partial charge in [-0.25, -0.2) is 5.06 Å². The molecule has 1 amide bonds. The Morgan fingerprint density at radius 3 is 2.58 bits per heavy atom. The highest BCUT2D eigenvalue weighted by atomic mass is 16.7. The van der Waals surface area contributed by atoms with Crippen molar-refractivity contribution in [2.75, 3.05) is 14.2 Å². The summed E-state index contributed by atoms with van der Waals surface area (Å²) in [6, 6.07) is 0. The highest BCUT2D eigenvalue weighted by Gasteiger charge is 2.28. The van der Waals surface area contributed by atoms with Gasteiger partial charge in [-0.3, -0.25) is 9.63 Å². The molecule has 0 bridgehead atoms. The van der Waals surface area contributed by atoms with Gasteiger partial charge in [0.2, 0.25) is 0 Å². The van der Waals surface area contributed by atoms with Crippen LogP contribution in [0.4, 0.5) is 0 Å². The second-order valence-electron chi connectivity index (χ2n) is 3.00. The Morgan fingerprint density at radius 2 is 2.17 bits per heavy atom. The topological polar surface area (TPSA) is 38.8 Å². The summed E-state index contributed by atoms with van der Waals surface area (Å²) >= 11 is 0. The van der Waals surface area contributed by atoms with E-state index in [0.717, 1.165) is 12.8 Å². The normalized spacial score (nSPS) is 18.9. The number of ether oxygens (including phenoxy) is 1. The first-order valence-electron chi connectivity index (χ1n) is 4.12. The van der Waals surface area contributed by atoms with Crippen LogP contribution in [0.3, 0.4) is 0 Å². The van der Waals surface area contributed by atoms with E-state index < -0.39 is 0 Å². The molecule has 4 nitrogen and oxygen atoms in total. The molecule has 0 spiro atoms. The third-order valence-corrected chi connectivity index (χ3v) is 1.85. The van der Waals surface area contributed by atoms with Crippen LogP contribution in [0.2, 0.25) is 0 Å². The predicted molar refractivity (Wildman–Crippen MR) is 43.3 cm³/mol. The second kappa shape index (κ2) is 3.87. The number of hydroxylamine groups is 2. The third-order valence-electron chi connectivity index (χ3n) is 1.85. The lowest BCUT2D eigenvalue weighted by Crippen LogP contribution is -2.35. The molecule has 0 aliphatic heterocycles. The molecule has 0 saturated heterocycles. The fraction of sp³-hybridized carbons (Fsp3) is 0.875. The maximum absolute atomic E-state index is 11.3. The zero-order valence-corrected chi connectivity index (χ0v) is 7.74. The van der Waals surface area contributed by atoms with E-state index in [1.807, 2.05) is 0 Å². The predicted octanol–water partition coefficient (Wildman–Crippen LogP) is 0.574. The van der Waals surface area contributed by atoms with Crippen molar-refractivity contribution >= 4 is 5.91 Å². The maximum atomic E-state index is 11.3. The lowest BCUT2D eigenvalue weighted by molar-refractivity contribution is -0.180. The van der Waals surface area contributed by atoms with Gasteiger partial charge in [0.1, 0.15) is 6.10 Å². The average Bonchev–Trinajstić information content (AvgIpc) is 2.85. The molecule has 0 N–H and O–H groups in total. The summed E-state index contributed by atoms with van der Waals surface area (Å²) in [7, 11) is 3.04. The number of amides is 1. The summed E-state index contributed by atoms with van der Waals surface area (Å²) in [4.78, 5) is 16.1. The van der Waals surface area contributed by atoms with E-state index >= 15 is 0 Å². The zero-order chi connectivity index (χ0) is 9.14. The number of nitrogens with zero attached hydrogens (tertiary/aromatic N) is 1. The molecule has 0 heterocycles. The highest BCUT2D eigenvalue weighted by Crippen LogP contribution is 2.25. The van der Waals surface area contributed by atoms with E-state index in [9.17, 15) is 4.79 Å². The first kappa shape index (κ1) is 9.48. The molecule has 1 saturated carbocycles. The summed E-state index contributed by atoms with van der Waals surface area (Å²) in [6.07, 6.45) is 2.07. The standard InChI is InChI=1S/C8H15NO3/c1-6(12-7-4-5-7)8(10)9(2)11-3/h6-7H,4-5H2,1-3H3. The maximum Gasteiger partial charge on any atom is 0.274 e. The lowest BCUT2D eigenvalue weighted by Gasteiger charge is -2.18. The smallest absolute Gasteiger partial charge is 0.274 e. The van der Waals surface area contributed by atoms with Gasteiger partial charge in [-0.05, 0) is 19.8 Å². The van der Waals surface area contributed by atoms with Crippen LogP contribution in [0.25, 0.3) is 0 Å². The van der Waals surface area contributed by atoms with Gasteiger partial charge in [0.25, 0.3) is 5.91 Å². The summed E-state index contributed by atoms with van der Waals surface area (Å²) in [5.41, 5.74) is 0. The van der Waals surface area contributed by atoms with Crippen LogP contribution < -0.4 is 0 Å². The van der Waals surface area contributed by atoms with Gasteiger partial charge >= 0.3 is 0 Å². The van der Waals surface area contributed by atoms with Crippen molar-refractivity contribution in [3.8, 4) is 0 Å². The van der Waals surface area contributed by atoms with Crippen LogP contribution in [0, 0.1) is 0 Å². The Labute approximate surface area is 72.4 Å². The Kier molecular flexibility index (Phi) is 3.05. The number of carbonyl (C=O) groups excluding carboxylic acids is 1. The molecule has 0 aromatic carbocycles. The van der Waals surface area contributed by atoms with E-state index in [1.54, 1.807) is 14.0 Å². The SMILES string of the molecule is CON(C)C(=O)C(C)OC1CC1. The molecule has 1 aliphatic rings. The van der Waals surface area contributed by atoms with Gasteiger partial charge in [-0.2, -0.15) is 0 Å². The Morgan fingerprint density at radius 1 is 1.58 bits per heavy atom. The fourth-order valence-corrected chi connectivity index (χ4v) is 0.897. The van der Waals surface area contributed by atoms with Gasteiger partial charge in [0, 0.05) is 7.05 Å². The van der Waals surface area contributed by atoms with Crippen LogP contribution in [-0.4, -0.2) is 37.3 Å². The minimum atomic E-state index is -0.387. The number of hydrogen-bond acceptors (Lipinski definition) is 3. The first-order chi connectivity index (χ1) is 5.65. The summed E-state index contributed by atoms with van der Waals surface area (Å²) in [5.74, 6) is -0.135. The monoisotopic (exact) mass is 173 g/mol. The summed E-state index contributed by atoms with van der Waals surface area (Å²) in [6.45, 7) is 1.75. The molecule has 70 valence electrons.